The molecule has 1 aromatic carbocycles. The first-order chi connectivity index (χ1) is 10.3. The van der Waals surface area contributed by atoms with E-state index in [1.54, 1.807) is 6.20 Å². The zero-order valence-electron chi connectivity index (χ0n) is 11.8. The van der Waals surface area contributed by atoms with Crippen LogP contribution in [0.3, 0.4) is 0 Å². The Morgan fingerprint density at radius 2 is 1.95 bits per heavy atom. The maximum atomic E-state index is 4.49. The molecule has 6 heteroatoms. The molecule has 21 heavy (non-hydrogen) atoms. The number of thioether (sulfide) groups is 1. The van der Waals surface area contributed by atoms with Gasteiger partial charge >= 0.3 is 0 Å². The molecule has 0 aliphatic heterocycles. The second kappa shape index (κ2) is 5.97. The fourth-order valence-corrected chi connectivity index (χ4v) is 2.46. The van der Waals surface area contributed by atoms with Crippen molar-refractivity contribution < 1.29 is 0 Å². The molecule has 3 rings (SSSR count). The third kappa shape index (κ3) is 2.90. The van der Waals surface area contributed by atoms with Gasteiger partial charge in [-0.2, -0.15) is 0 Å². The summed E-state index contributed by atoms with van der Waals surface area (Å²) in [7, 11) is 1.85. The second-order valence-corrected chi connectivity index (χ2v) is 5.18. The summed E-state index contributed by atoms with van der Waals surface area (Å²) in [6, 6.07) is 9.96. The average molecular weight is 297 g/mol. The Kier molecular flexibility index (Phi) is 3.87. The largest absolute Gasteiger partial charge is 0.373 e. The van der Waals surface area contributed by atoms with Gasteiger partial charge in [0.25, 0.3) is 0 Å². The molecule has 0 spiro atoms. The zero-order chi connectivity index (χ0) is 14.7. The molecule has 0 saturated heterocycles. The van der Waals surface area contributed by atoms with Crippen molar-refractivity contribution in [2.24, 2.45) is 0 Å². The number of benzene rings is 1. The SMILES string of the molecule is CNc1cc(Nc2cccc3cnccc23)nc(SC)n1. The molecule has 2 aromatic heterocycles. The number of nitrogens with one attached hydrogen (secondary N) is 2. The van der Waals surface area contributed by atoms with Crippen LogP contribution in [0.4, 0.5) is 17.3 Å². The number of nitrogens with zero attached hydrogens (tertiary/aromatic N) is 3. The highest BCUT2D eigenvalue weighted by Gasteiger charge is 2.05. The lowest BCUT2D eigenvalue weighted by molar-refractivity contribution is 0.978. The van der Waals surface area contributed by atoms with Gasteiger partial charge in [-0.15, -0.1) is 0 Å². The van der Waals surface area contributed by atoms with Crippen LogP contribution < -0.4 is 10.6 Å². The van der Waals surface area contributed by atoms with E-state index in [0.29, 0.717) is 0 Å². The molecule has 0 radical (unpaired) electrons. The summed E-state index contributed by atoms with van der Waals surface area (Å²) in [4.78, 5) is 13.0. The maximum absolute atomic E-state index is 4.49. The molecule has 5 nitrogen and oxygen atoms in total. The van der Waals surface area contributed by atoms with Crippen LogP contribution in [0, 0.1) is 0 Å². The Hall–Kier alpha value is -2.34. The van der Waals surface area contributed by atoms with Crippen molar-refractivity contribution in [2.45, 2.75) is 5.16 Å². The smallest absolute Gasteiger partial charge is 0.191 e. The van der Waals surface area contributed by atoms with Crippen molar-refractivity contribution in [3.63, 3.8) is 0 Å². The highest BCUT2D eigenvalue weighted by molar-refractivity contribution is 7.98. The Morgan fingerprint density at radius 3 is 2.76 bits per heavy atom. The van der Waals surface area contributed by atoms with E-state index in [2.05, 4.69) is 25.6 Å². The van der Waals surface area contributed by atoms with Crippen molar-refractivity contribution in [1.29, 1.82) is 0 Å². The van der Waals surface area contributed by atoms with Crippen LogP contribution in [-0.2, 0) is 0 Å². The van der Waals surface area contributed by atoms with E-state index in [1.807, 2.05) is 49.8 Å². The third-order valence-electron chi connectivity index (χ3n) is 3.09. The predicted molar refractivity (Wildman–Crippen MR) is 88.4 cm³/mol. The van der Waals surface area contributed by atoms with Gasteiger partial charge in [0.1, 0.15) is 11.6 Å². The van der Waals surface area contributed by atoms with Gasteiger partial charge in [-0.25, -0.2) is 9.97 Å². The van der Waals surface area contributed by atoms with Crippen molar-refractivity contribution >= 4 is 39.9 Å². The van der Waals surface area contributed by atoms with Gasteiger partial charge in [-0.1, -0.05) is 23.9 Å². The Bertz CT molecular complexity index is 747. The summed E-state index contributed by atoms with van der Waals surface area (Å²) in [6.45, 7) is 0. The normalized spacial score (nSPS) is 10.6. The predicted octanol–water partition coefficient (Wildman–Crippen LogP) is 3.53. The highest BCUT2D eigenvalue weighted by atomic mass is 32.2. The Morgan fingerprint density at radius 1 is 1.10 bits per heavy atom. The van der Waals surface area contributed by atoms with E-state index in [0.717, 1.165) is 33.3 Å². The molecule has 2 heterocycles. The average Bonchev–Trinajstić information content (AvgIpc) is 2.55. The lowest BCUT2D eigenvalue weighted by Crippen LogP contribution is -2.01. The lowest BCUT2D eigenvalue weighted by atomic mass is 10.1. The topological polar surface area (TPSA) is 62.7 Å². The van der Waals surface area contributed by atoms with Crippen LogP contribution in [0.2, 0.25) is 0 Å². The number of rotatable bonds is 4. The monoisotopic (exact) mass is 297 g/mol. The summed E-state index contributed by atoms with van der Waals surface area (Å²) in [5, 5.41) is 9.35. The molecule has 0 unspecified atom stereocenters. The summed E-state index contributed by atoms with van der Waals surface area (Å²) in [5.41, 5.74) is 1.00. The molecule has 0 atom stereocenters. The van der Waals surface area contributed by atoms with E-state index in [9.17, 15) is 0 Å². The number of hydrogen-bond acceptors (Lipinski definition) is 6. The fourth-order valence-electron chi connectivity index (χ4n) is 2.08. The summed E-state index contributed by atoms with van der Waals surface area (Å²) in [5.74, 6) is 1.56. The lowest BCUT2D eigenvalue weighted by Gasteiger charge is -2.11. The van der Waals surface area contributed by atoms with Crippen LogP contribution in [0.15, 0.2) is 47.9 Å². The fraction of sp³-hybridized carbons (Fsp3) is 0.133. The highest BCUT2D eigenvalue weighted by Crippen LogP contribution is 2.26. The standard InChI is InChI=1S/C15H15N5S/c1-16-13-8-14(20-15(19-13)21-2)18-12-5-3-4-10-9-17-7-6-11(10)12/h3-9H,1-2H3,(H2,16,18,19,20). The quantitative estimate of drug-likeness (QED) is 0.567. The van der Waals surface area contributed by atoms with Crippen molar-refractivity contribution in [3.8, 4) is 0 Å². The first-order valence-corrected chi connectivity index (χ1v) is 7.73. The summed E-state index contributed by atoms with van der Waals surface area (Å²) in [6.07, 6.45) is 5.61. The van der Waals surface area contributed by atoms with E-state index in [-0.39, 0.29) is 0 Å². The first-order valence-electron chi connectivity index (χ1n) is 6.51. The minimum absolute atomic E-state index is 0.728. The molecule has 0 fully saturated rings. The third-order valence-corrected chi connectivity index (χ3v) is 3.64. The van der Waals surface area contributed by atoms with Crippen molar-refractivity contribution in [3.05, 3.63) is 42.7 Å². The minimum Gasteiger partial charge on any atom is -0.373 e. The molecular weight excluding hydrogens is 282 g/mol. The Balaban J connectivity index is 2.02. The van der Waals surface area contributed by atoms with E-state index in [4.69, 9.17) is 0 Å². The van der Waals surface area contributed by atoms with Crippen LogP contribution in [0.5, 0.6) is 0 Å². The van der Waals surface area contributed by atoms with Gasteiger partial charge in [-0.05, 0) is 18.4 Å². The van der Waals surface area contributed by atoms with Gasteiger partial charge in [0, 0.05) is 42.0 Å². The maximum Gasteiger partial charge on any atom is 0.191 e. The molecule has 0 saturated carbocycles. The van der Waals surface area contributed by atoms with E-state index in [1.165, 1.54) is 11.8 Å². The van der Waals surface area contributed by atoms with Gasteiger partial charge in [0.2, 0.25) is 0 Å². The minimum atomic E-state index is 0.728. The second-order valence-electron chi connectivity index (χ2n) is 4.40. The van der Waals surface area contributed by atoms with Crippen LogP contribution >= 0.6 is 11.8 Å². The van der Waals surface area contributed by atoms with Crippen molar-refractivity contribution in [2.75, 3.05) is 23.9 Å². The van der Waals surface area contributed by atoms with E-state index >= 15 is 0 Å². The number of aromatic nitrogens is 3. The molecule has 2 N–H and O–H groups in total. The van der Waals surface area contributed by atoms with E-state index < -0.39 is 0 Å². The zero-order valence-corrected chi connectivity index (χ0v) is 12.6. The number of fused-ring (bicyclic) bond motifs is 1. The molecule has 0 amide bonds. The van der Waals surface area contributed by atoms with Gasteiger partial charge in [0.15, 0.2) is 5.16 Å². The van der Waals surface area contributed by atoms with Crippen LogP contribution in [0.1, 0.15) is 0 Å². The van der Waals surface area contributed by atoms with Crippen molar-refractivity contribution in [1.82, 2.24) is 15.0 Å². The number of anilines is 3. The number of hydrogen-bond donors (Lipinski definition) is 2. The van der Waals surface area contributed by atoms with Crippen LogP contribution in [-0.4, -0.2) is 28.3 Å². The first kappa shape index (κ1) is 13.6. The Labute approximate surface area is 127 Å². The van der Waals surface area contributed by atoms with Gasteiger partial charge in [-0.3, -0.25) is 4.98 Å². The molecular formula is C15H15N5S. The van der Waals surface area contributed by atoms with Gasteiger partial charge < -0.3 is 10.6 Å². The summed E-state index contributed by atoms with van der Waals surface area (Å²) < 4.78 is 0. The molecule has 0 aliphatic carbocycles. The molecule has 0 bridgehead atoms. The van der Waals surface area contributed by atoms with Gasteiger partial charge in [0.05, 0.1) is 0 Å². The van der Waals surface area contributed by atoms with Crippen LogP contribution in [0.25, 0.3) is 10.8 Å². The molecule has 3 aromatic rings. The summed E-state index contributed by atoms with van der Waals surface area (Å²) >= 11 is 1.51. The molecule has 106 valence electrons. The number of pyridine rings is 1. The molecule has 0 aliphatic rings.